The van der Waals surface area contributed by atoms with Crippen LogP contribution in [0.1, 0.15) is 30.8 Å². The van der Waals surface area contributed by atoms with Crippen molar-refractivity contribution < 1.29 is 9.69 Å². The molecule has 1 aromatic heterocycles. The Morgan fingerprint density at radius 1 is 1.07 bits per heavy atom. The first-order valence-corrected chi connectivity index (χ1v) is 10.8. The van der Waals surface area contributed by atoms with Crippen LogP contribution in [0.25, 0.3) is 0 Å². The number of hydrogen-bond acceptors (Lipinski definition) is 4. The van der Waals surface area contributed by atoms with Crippen molar-refractivity contribution in [2.24, 2.45) is 0 Å². The summed E-state index contributed by atoms with van der Waals surface area (Å²) < 4.78 is 2.15. The molecule has 0 spiro atoms. The second-order valence-electron chi connectivity index (χ2n) is 7.15. The van der Waals surface area contributed by atoms with E-state index in [1.807, 2.05) is 48.5 Å². The Kier molecular flexibility index (Phi) is 7.43. The highest BCUT2D eigenvalue weighted by molar-refractivity contribution is 7.99. The summed E-state index contributed by atoms with van der Waals surface area (Å²) in [5.41, 5.74) is 1.99. The van der Waals surface area contributed by atoms with Gasteiger partial charge in [0.25, 0.3) is 0 Å². The Morgan fingerprint density at radius 3 is 2.34 bits per heavy atom. The number of para-hydroxylation sites is 1. The van der Waals surface area contributed by atoms with Gasteiger partial charge in [-0.25, -0.2) is 0 Å². The number of anilines is 1. The molecular weight excluding hydrogens is 382 g/mol. The van der Waals surface area contributed by atoms with E-state index < -0.39 is 0 Å². The molecule has 2 N–H and O–H groups in total. The minimum atomic E-state index is -0.0534. The van der Waals surface area contributed by atoms with E-state index >= 15 is 0 Å². The lowest BCUT2D eigenvalue weighted by Gasteiger charge is -2.20. The fourth-order valence-electron chi connectivity index (χ4n) is 3.28. The third-order valence-corrected chi connectivity index (χ3v) is 5.70. The van der Waals surface area contributed by atoms with Gasteiger partial charge in [-0.2, -0.15) is 0 Å². The van der Waals surface area contributed by atoms with Gasteiger partial charge in [0.1, 0.15) is 6.04 Å². The van der Waals surface area contributed by atoms with Gasteiger partial charge in [0.2, 0.25) is 5.91 Å². The highest BCUT2D eigenvalue weighted by Crippen LogP contribution is 2.22. The molecule has 0 fully saturated rings. The molecule has 0 bridgehead atoms. The third-order valence-electron chi connectivity index (χ3n) is 4.74. The van der Waals surface area contributed by atoms with E-state index in [2.05, 4.69) is 53.2 Å². The molecule has 0 saturated heterocycles. The molecule has 1 heterocycles. The standard InChI is InChI=1S/C22H27N5OS/c1-4-19(26(2)3)21-24-25-22(27(21)15-17-11-7-5-8-12-17)29-16-20(28)23-18-13-9-6-10-14-18/h5-14,19H,4,15-16H2,1-3H3,(H,23,28)/p+1/t19-/m0/s1. The molecule has 1 atom stereocenters. The lowest BCUT2D eigenvalue weighted by Crippen LogP contribution is -3.06. The number of thioether (sulfide) groups is 1. The summed E-state index contributed by atoms with van der Waals surface area (Å²) >= 11 is 1.42. The van der Waals surface area contributed by atoms with E-state index in [-0.39, 0.29) is 17.7 Å². The van der Waals surface area contributed by atoms with Crippen LogP contribution in [-0.4, -0.2) is 40.5 Å². The highest BCUT2D eigenvalue weighted by Gasteiger charge is 2.25. The number of carbonyl (C=O) groups is 1. The molecule has 0 radical (unpaired) electrons. The zero-order valence-corrected chi connectivity index (χ0v) is 17.9. The quantitative estimate of drug-likeness (QED) is 0.533. The highest BCUT2D eigenvalue weighted by atomic mass is 32.2. The number of carbonyl (C=O) groups excluding carboxylic acids is 1. The van der Waals surface area contributed by atoms with Gasteiger partial charge in [-0.1, -0.05) is 67.2 Å². The molecule has 0 unspecified atom stereocenters. The van der Waals surface area contributed by atoms with Crippen LogP contribution in [-0.2, 0) is 11.3 Å². The van der Waals surface area contributed by atoms with Crippen molar-refractivity contribution in [1.29, 1.82) is 0 Å². The van der Waals surface area contributed by atoms with Gasteiger partial charge in [0, 0.05) is 12.1 Å². The third kappa shape index (κ3) is 5.68. The Morgan fingerprint density at radius 2 is 1.72 bits per heavy atom. The monoisotopic (exact) mass is 410 g/mol. The maximum atomic E-state index is 12.4. The fourth-order valence-corrected chi connectivity index (χ4v) is 4.02. The zero-order chi connectivity index (χ0) is 20.6. The van der Waals surface area contributed by atoms with E-state index in [4.69, 9.17) is 0 Å². The normalized spacial score (nSPS) is 12.1. The van der Waals surface area contributed by atoms with E-state index in [0.29, 0.717) is 6.54 Å². The van der Waals surface area contributed by atoms with Gasteiger partial charge in [-0.3, -0.25) is 9.36 Å². The van der Waals surface area contributed by atoms with Gasteiger partial charge < -0.3 is 10.2 Å². The smallest absolute Gasteiger partial charge is 0.234 e. The first kappa shape index (κ1) is 21.1. The molecule has 152 valence electrons. The molecule has 0 aliphatic rings. The van der Waals surface area contributed by atoms with Gasteiger partial charge in [0.05, 0.1) is 26.4 Å². The number of aromatic nitrogens is 3. The maximum Gasteiger partial charge on any atom is 0.234 e. The Hall–Kier alpha value is -2.64. The van der Waals surface area contributed by atoms with E-state index in [9.17, 15) is 4.79 Å². The van der Waals surface area contributed by atoms with Crippen molar-refractivity contribution in [3.8, 4) is 0 Å². The fraction of sp³-hybridized carbons (Fsp3) is 0.318. The van der Waals surface area contributed by atoms with Gasteiger partial charge in [-0.15, -0.1) is 10.2 Å². The van der Waals surface area contributed by atoms with Crippen molar-refractivity contribution >= 4 is 23.4 Å². The Bertz CT molecular complexity index is 911. The number of amides is 1. The predicted molar refractivity (Wildman–Crippen MR) is 117 cm³/mol. The average Bonchev–Trinajstić information content (AvgIpc) is 3.10. The SMILES string of the molecule is CC[C@@H](c1nnc(SCC(=O)Nc2ccccc2)n1Cc1ccccc1)[NH+](C)C. The molecule has 1 amide bonds. The number of nitrogens with one attached hydrogen (secondary N) is 2. The number of nitrogens with zero attached hydrogens (tertiary/aromatic N) is 3. The molecule has 3 rings (SSSR count). The van der Waals surface area contributed by atoms with Crippen LogP contribution in [0.15, 0.2) is 65.8 Å². The molecule has 7 heteroatoms. The summed E-state index contributed by atoms with van der Waals surface area (Å²) in [6, 6.07) is 20.0. The Labute approximate surface area is 176 Å². The van der Waals surface area contributed by atoms with Crippen LogP contribution in [0.3, 0.4) is 0 Å². The number of quaternary nitrogens is 1. The summed E-state index contributed by atoms with van der Waals surface area (Å²) in [5, 5.41) is 12.6. The van der Waals surface area contributed by atoms with E-state index in [0.717, 1.165) is 23.1 Å². The van der Waals surface area contributed by atoms with E-state index in [1.54, 1.807) is 0 Å². The van der Waals surface area contributed by atoms with Crippen LogP contribution in [0.4, 0.5) is 5.69 Å². The van der Waals surface area contributed by atoms with Crippen molar-refractivity contribution in [3.63, 3.8) is 0 Å². The maximum absolute atomic E-state index is 12.4. The molecule has 29 heavy (non-hydrogen) atoms. The van der Waals surface area contributed by atoms with Crippen LogP contribution < -0.4 is 10.2 Å². The lowest BCUT2D eigenvalue weighted by atomic mass is 10.2. The summed E-state index contributed by atoms with van der Waals surface area (Å²) in [6.07, 6.45) is 0.967. The summed E-state index contributed by atoms with van der Waals surface area (Å²) in [6.45, 7) is 2.86. The minimum absolute atomic E-state index is 0.0534. The second-order valence-corrected chi connectivity index (χ2v) is 8.10. The molecule has 0 aliphatic carbocycles. The largest absolute Gasteiger partial charge is 0.331 e. The Balaban J connectivity index is 1.78. The summed E-state index contributed by atoms with van der Waals surface area (Å²) in [5.74, 6) is 1.19. The molecule has 2 aromatic carbocycles. The molecule has 6 nitrogen and oxygen atoms in total. The summed E-state index contributed by atoms with van der Waals surface area (Å²) in [7, 11) is 4.27. The second kappa shape index (κ2) is 10.2. The molecule has 0 saturated carbocycles. The summed E-state index contributed by atoms with van der Waals surface area (Å²) in [4.78, 5) is 13.7. The zero-order valence-electron chi connectivity index (χ0n) is 17.1. The van der Waals surface area contributed by atoms with Crippen LogP contribution >= 0.6 is 11.8 Å². The minimum Gasteiger partial charge on any atom is -0.331 e. The van der Waals surface area contributed by atoms with Gasteiger partial charge in [0.15, 0.2) is 11.0 Å². The molecular formula is C22H28N5OS+. The number of hydrogen-bond donors (Lipinski definition) is 2. The molecule has 3 aromatic rings. The molecule has 0 aliphatic heterocycles. The van der Waals surface area contributed by atoms with E-state index in [1.165, 1.54) is 22.2 Å². The van der Waals surface area contributed by atoms with Crippen molar-refractivity contribution in [2.75, 3.05) is 25.2 Å². The first-order valence-electron chi connectivity index (χ1n) is 9.83. The number of benzene rings is 2. The van der Waals surface area contributed by atoms with Gasteiger partial charge >= 0.3 is 0 Å². The topological polar surface area (TPSA) is 64.2 Å². The van der Waals surface area contributed by atoms with Crippen LogP contribution in [0, 0.1) is 0 Å². The van der Waals surface area contributed by atoms with Crippen LogP contribution in [0.2, 0.25) is 0 Å². The predicted octanol–water partition coefficient (Wildman–Crippen LogP) is 2.65. The van der Waals surface area contributed by atoms with Crippen molar-refractivity contribution in [3.05, 3.63) is 72.1 Å². The first-order chi connectivity index (χ1) is 14.1. The van der Waals surface area contributed by atoms with Crippen molar-refractivity contribution in [1.82, 2.24) is 14.8 Å². The van der Waals surface area contributed by atoms with Crippen molar-refractivity contribution in [2.45, 2.75) is 31.1 Å². The van der Waals surface area contributed by atoms with Crippen LogP contribution in [0.5, 0.6) is 0 Å². The average molecular weight is 411 g/mol. The van der Waals surface area contributed by atoms with Gasteiger partial charge in [-0.05, 0) is 17.7 Å². The lowest BCUT2D eigenvalue weighted by molar-refractivity contribution is -0.893. The number of rotatable bonds is 9.